The van der Waals surface area contributed by atoms with Crippen molar-refractivity contribution in [3.8, 4) is 0 Å². The van der Waals surface area contributed by atoms with E-state index in [1.807, 2.05) is 30.3 Å². The number of nitrogens with zero attached hydrogens (tertiary/aromatic N) is 1. The predicted molar refractivity (Wildman–Crippen MR) is 84.9 cm³/mol. The molecule has 2 nitrogen and oxygen atoms in total. The van der Waals surface area contributed by atoms with Gasteiger partial charge in [-0.25, -0.2) is 0 Å². The maximum Gasteiger partial charge on any atom is 0.0942 e. The number of rotatable bonds is 3. The quantitative estimate of drug-likeness (QED) is 0.919. The van der Waals surface area contributed by atoms with E-state index < -0.39 is 0 Å². The van der Waals surface area contributed by atoms with Crippen molar-refractivity contribution >= 4 is 0 Å². The number of aliphatic hydroxyl groups excluding tert-OH is 1. The van der Waals surface area contributed by atoms with Crippen LogP contribution in [-0.4, -0.2) is 29.1 Å². The zero-order chi connectivity index (χ0) is 14.4. The van der Waals surface area contributed by atoms with E-state index in [0.717, 1.165) is 29.2 Å². The van der Waals surface area contributed by atoms with Crippen molar-refractivity contribution in [2.24, 2.45) is 23.7 Å². The molecule has 4 aliphatic rings. The van der Waals surface area contributed by atoms with E-state index in [1.165, 1.54) is 38.8 Å². The lowest BCUT2D eigenvalue weighted by atomic mass is 9.60. The summed E-state index contributed by atoms with van der Waals surface area (Å²) in [4.78, 5) is 2.57. The molecular weight excluding hydrogens is 258 g/mol. The van der Waals surface area contributed by atoms with Crippen LogP contribution in [0.1, 0.15) is 44.3 Å². The number of hydrogen-bond acceptors (Lipinski definition) is 2. The minimum Gasteiger partial charge on any atom is -0.387 e. The Balaban J connectivity index is 1.48. The third-order valence-corrected chi connectivity index (χ3v) is 6.64. The number of benzene rings is 1. The maximum atomic E-state index is 10.7. The van der Waals surface area contributed by atoms with E-state index in [9.17, 15) is 5.11 Å². The second kappa shape index (κ2) is 5.40. The molecule has 4 fully saturated rings. The van der Waals surface area contributed by atoms with Gasteiger partial charge in [-0.3, -0.25) is 4.90 Å². The highest BCUT2D eigenvalue weighted by Crippen LogP contribution is 2.52. The summed E-state index contributed by atoms with van der Waals surface area (Å²) in [5.74, 6) is 3.79. The average Bonchev–Trinajstić information content (AvgIpc) is 3.02. The molecule has 1 saturated heterocycles. The molecule has 0 amide bonds. The molecule has 21 heavy (non-hydrogen) atoms. The van der Waals surface area contributed by atoms with Crippen molar-refractivity contribution in [1.29, 1.82) is 0 Å². The molecule has 1 N–H and O–H groups in total. The standard InChI is InChI=1S/C19H27NO/c1-13(19(21)16-5-3-2-4-6-16)20-11-17-14-7-8-15(10-9-14)18(17)12-20/h2-6,13-15,17-19,21H,7-12H2,1H3/t13-,14?,15?,17-,18+,19-/m0/s1. The summed E-state index contributed by atoms with van der Waals surface area (Å²) in [5.41, 5.74) is 1.06. The minimum atomic E-state index is -0.357. The summed E-state index contributed by atoms with van der Waals surface area (Å²) < 4.78 is 0. The molecule has 1 heterocycles. The molecule has 0 radical (unpaired) electrons. The molecule has 0 unspecified atom stereocenters. The Hall–Kier alpha value is -0.860. The number of aliphatic hydroxyl groups is 1. The second-order valence-electron chi connectivity index (χ2n) is 7.55. The largest absolute Gasteiger partial charge is 0.387 e. The zero-order valence-corrected chi connectivity index (χ0v) is 13.0. The molecule has 2 bridgehead atoms. The van der Waals surface area contributed by atoms with Crippen molar-refractivity contribution in [2.75, 3.05) is 13.1 Å². The minimum absolute atomic E-state index is 0.234. The maximum absolute atomic E-state index is 10.7. The second-order valence-corrected chi connectivity index (χ2v) is 7.55. The van der Waals surface area contributed by atoms with Gasteiger partial charge < -0.3 is 5.11 Å². The van der Waals surface area contributed by atoms with Gasteiger partial charge in [0.05, 0.1) is 6.10 Å². The molecule has 1 aromatic carbocycles. The fourth-order valence-corrected chi connectivity index (χ4v) is 5.35. The van der Waals surface area contributed by atoms with Crippen LogP contribution in [0.3, 0.4) is 0 Å². The van der Waals surface area contributed by atoms with Gasteiger partial charge >= 0.3 is 0 Å². The van der Waals surface area contributed by atoms with Gasteiger partial charge in [0.15, 0.2) is 0 Å². The fraction of sp³-hybridized carbons (Fsp3) is 0.684. The lowest BCUT2D eigenvalue weighted by Crippen LogP contribution is -2.38. The van der Waals surface area contributed by atoms with Gasteiger partial charge in [0, 0.05) is 19.1 Å². The van der Waals surface area contributed by atoms with Gasteiger partial charge in [-0.2, -0.15) is 0 Å². The van der Waals surface area contributed by atoms with Crippen molar-refractivity contribution in [3.63, 3.8) is 0 Å². The van der Waals surface area contributed by atoms with Gasteiger partial charge in [0.2, 0.25) is 0 Å². The van der Waals surface area contributed by atoms with Crippen molar-refractivity contribution < 1.29 is 5.11 Å². The lowest BCUT2D eigenvalue weighted by molar-refractivity contribution is 0.0577. The highest BCUT2D eigenvalue weighted by molar-refractivity contribution is 5.19. The molecule has 5 rings (SSSR count). The Kier molecular flexibility index (Phi) is 3.55. The molecule has 4 atom stereocenters. The van der Waals surface area contributed by atoms with Crippen LogP contribution in [0.15, 0.2) is 30.3 Å². The van der Waals surface area contributed by atoms with Gasteiger partial charge in [-0.15, -0.1) is 0 Å². The smallest absolute Gasteiger partial charge is 0.0942 e. The molecule has 3 aliphatic carbocycles. The Morgan fingerprint density at radius 2 is 1.48 bits per heavy atom. The third kappa shape index (κ3) is 2.33. The Morgan fingerprint density at radius 1 is 0.952 bits per heavy atom. The van der Waals surface area contributed by atoms with E-state index in [-0.39, 0.29) is 12.1 Å². The Labute approximate surface area is 128 Å². The van der Waals surface area contributed by atoms with Crippen molar-refractivity contribution in [3.05, 3.63) is 35.9 Å². The molecule has 0 spiro atoms. The number of hydrogen-bond donors (Lipinski definition) is 1. The zero-order valence-electron chi connectivity index (χ0n) is 13.0. The van der Waals surface area contributed by atoms with Crippen LogP contribution < -0.4 is 0 Å². The van der Waals surface area contributed by atoms with Gasteiger partial charge in [-0.05, 0) is 61.8 Å². The molecular formula is C19H27NO. The summed E-state index contributed by atoms with van der Waals surface area (Å²) >= 11 is 0. The van der Waals surface area contributed by atoms with Crippen LogP contribution >= 0.6 is 0 Å². The summed E-state index contributed by atoms with van der Waals surface area (Å²) in [6.45, 7) is 4.64. The normalized spacial score (nSPS) is 38.2. The monoisotopic (exact) mass is 285 g/mol. The lowest BCUT2D eigenvalue weighted by Gasteiger charge is -2.45. The summed E-state index contributed by atoms with van der Waals surface area (Å²) in [6.07, 6.45) is 5.51. The van der Waals surface area contributed by atoms with Gasteiger partial charge in [0.1, 0.15) is 0 Å². The van der Waals surface area contributed by atoms with Gasteiger partial charge in [-0.1, -0.05) is 30.3 Å². The SMILES string of the molecule is C[C@@H]([C@H](O)c1ccccc1)N1C[C@@H]2C3CCC(CC3)[C@@H]2C1. The first kappa shape index (κ1) is 13.8. The van der Waals surface area contributed by atoms with Crippen LogP contribution in [0.4, 0.5) is 0 Å². The van der Waals surface area contributed by atoms with E-state index in [2.05, 4.69) is 11.8 Å². The third-order valence-electron chi connectivity index (χ3n) is 6.64. The molecule has 3 saturated carbocycles. The van der Waals surface area contributed by atoms with Crippen molar-refractivity contribution in [2.45, 2.75) is 44.8 Å². The number of likely N-dealkylation sites (tertiary alicyclic amines) is 1. The van der Waals surface area contributed by atoms with Crippen LogP contribution in [-0.2, 0) is 0 Å². The fourth-order valence-electron chi connectivity index (χ4n) is 5.35. The van der Waals surface area contributed by atoms with Crippen LogP contribution in [0.25, 0.3) is 0 Å². The van der Waals surface area contributed by atoms with Crippen LogP contribution in [0.2, 0.25) is 0 Å². The Bertz CT molecular complexity index is 460. The molecule has 114 valence electrons. The molecule has 0 aromatic heterocycles. The van der Waals surface area contributed by atoms with E-state index >= 15 is 0 Å². The van der Waals surface area contributed by atoms with Crippen LogP contribution in [0.5, 0.6) is 0 Å². The van der Waals surface area contributed by atoms with Gasteiger partial charge in [0.25, 0.3) is 0 Å². The molecule has 1 aliphatic heterocycles. The molecule has 2 heteroatoms. The van der Waals surface area contributed by atoms with E-state index in [1.54, 1.807) is 0 Å². The van der Waals surface area contributed by atoms with E-state index in [0.29, 0.717) is 0 Å². The topological polar surface area (TPSA) is 23.5 Å². The van der Waals surface area contributed by atoms with Crippen molar-refractivity contribution in [1.82, 2.24) is 4.90 Å². The van der Waals surface area contributed by atoms with Crippen LogP contribution in [0, 0.1) is 23.7 Å². The summed E-state index contributed by atoms with van der Waals surface area (Å²) in [6, 6.07) is 10.4. The summed E-state index contributed by atoms with van der Waals surface area (Å²) in [7, 11) is 0. The first-order chi connectivity index (χ1) is 10.2. The highest BCUT2D eigenvalue weighted by atomic mass is 16.3. The summed E-state index contributed by atoms with van der Waals surface area (Å²) in [5, 5.41) is 10.7. The Morgan fingerprint density at radius 3 is 2.00 bits per heavy atom. The first-order valence-corrected chi connectivity index (χ1v) is 8.71. The van der Waals surface area contributed by atoms with E-state index in [4.69, 9.17) is 0 Å². The number of fused-ring (bicyclic) bond motifs is 2. The highest BCUT2D eigenvalue weighted by Gasteiger charge is 2.49. The first-order valence-electron chi connectivity index (χ1n) is 8.71. The predicted octanol–water partition coefficient (Wildman–Crippen LogP) is 3.48. The molecule has 1 aromatic rings. The average molecular weight is 285 g/mol.